The number of nitrogen functional groups attached to an aromatic ring is 3. The SMILES string of the molecule is Cc1ccc(C(=O)NC2CC2)cc1-n1ncc(C(=O)c2cccc(I)c2)c1N.[C-]#[N+]c1cccc(C(=O)c2cnn(-c3cc(C(=O)NC4CC4)ccc3C)c2N)c1.[C-]#[N+]c1cccc(C(=O)c2cnn(-c3cc(C(=O)NC4CC4)ccc3C)c2N)c1. The van der Waals surface area contributed by atoms with Crippen molar-refractivity contribution in [1.82, 2.24) is 45.3 Å². The number of hydrogen-bond donors (Lipinski definition) is 6. The zero-order valence-corrected chi connectivity index (χ0v) is 49.1. The predicted octanol–water partition coefficient (Wildman–Crippen LogP) is 10.4. The number of carbonyl (C=O) groups excluding carboxylic acids is 6. The van der Waals surface area contributed by atoms with E-state index in [-0.39, 0.29) is 81.8 Å². The molecule has 3 amide bonds. The summed E-state index contributed by atoms with van der Waals surface area (Å²) in [6.45, 7) is 19.9. The van der Waals surface area contributed by atoms with Crippen LogP contribution in [-0.2, 0) is 0 Å². The molecule has 6 aromatic carbocycles. The number of ketones is 3. The Hall–Kier alpha value is -10.5. The van der Waals surface area contributed by atoms with Crippen molar-refractivity contribution in [2.45, 2.75) is 77.4 Å². The zero-order valence-electron chi connectivity index (χ0n) is 47.0. The van der Waals surface area contributed by atoms with Crippen molar-refractivity contribution in [3.63, 3.8) is 0 Å². The average Bonchev–Trinajstić information content (AvgIpc) is 3.25. The third-order valence-electron chi connectivity index (χ3n) is 14.6. The van der Waals surface area contributed by atoms with E-state index in [9.17, 15) is 28.8 Å². The Morgan fingerprint density at radius 2 is 0.744 bits per heavy atom. The predicted molar refractivity (Wildman–Crippen MR) is 334 cm³/mol. The fraction of sp³-hybridized carbons (Fsp3) is 0.185. The first-order chi connectivity index (χ1) is 41.4. The Balaban J connectivity index is 0.000000143. The van der Waals surface area contributed by atoms with Crippen molar-refractivity contribution in [2.75, 3.05) is 17.2 Å². The molecule has 9 aromatic rings. The first-order valence-electron chi connectivity index (χ1n) is 27.5. The second kappa shape index (κ2) is 25.1. The van der Waals surface area contributed by atoms with Gasteiger partial charge in [-0.3, -0.25) is 28.8 Å². The first-order valence-corrected chi connectivity index (χ1v) is 28.6. The van der Waals surface area contributed by atoms with Crippen LogP contribution >= 0.6 is 22.6 Å². The smallest absolute Gasteiger partial charge is 0.251 e. The highest BCUT2D eigenvalue weighted by Crippen LogP contribution is 2.30. The summed E-state index contributed by atoms with van der Waals surface area (Å²) in [5, 5.41) is 21.8. The van der Waals surface area contributed by atoms with E-state index in [0.717, 1.165) is 58.8 Å². The highest BCUT2D eigenvalue weighted by molar-refractivity contribution is 14.1. The number of rotatable bonds is 15. The maximum Gasteiger partial charge on any atom is 0.251 e. The third kappa shape index (κ3) is 13.3. The normalized spacial score (nSPS) is 13.1. The summed E-state index contributed by atoms with van der Waals surface area (Å²) >= 11 is 2.17. The Morgan fingerprint density at radius 1 is 0.442 bits per heavy atom. The molecule has 20 nitrogen and oxygen atoms in total. The second-order valence-corrected chi connectivity index (χ2v) is 22.4. The molecular formula is C65H57IN14O6. The fourth-order valence-electron chi connectivity index (χ4n) is 9.13. The lowest BCUT2D eigenvalue weighted by Crippen LogP contribution is -2.25. The number of aromatic nitrogens is 6. The number of anilines is 3. The van der Waals surface area contributed by atoms with Crippen LogP contribution in [0.1, 0.15) is 134 Å². The number of carbonyl (C=O) groups is 6. The minimum Gasteiger partial charge on any atom is -0.383 e. The molecule has 430 valence electrons. The van der Waals surface area contributed by atoms with Crippen LogP contribution in [0.3, 0.4) is 0 Å². The Kier molecular flexibility index (Phi) is 17.1. The summed E-state index contributed by atoms with van der Waals surface area (Å²) in [6.07, 6.45) is 10.4. The van der Waals surface area contributed by atoms with Crippen LogP contribution in [0.15, 0.2) is 146 Å². The van der Waals surface area contributed by atoms with Gasteiger partial charge >= 0.3 is 0 Å². The lowest BCUT2D eigenvalue weighted by molar-refractivity contribution is 0.0942. The average molecular weight is 1260 g/mol. The molecule has 3 heterocycles. The summed E-state index contributed by atoms with van der Waals surface area (Å²) in [5.74, 6) is -0.534. The molecule has 3 aliphatic carbocycles. The minimum absolute atomic E-state index is 0.107. The number of benzene rings is 6. The van der Waals surface area contributed by atoms with Gasteiger partial charge in [-0.2, -0.15) is 15.3 Å². The fourth-order valence-corrected chi connectivity index (χ4v) is 9.67. The van der Waals surface area contributed by atoms with Crippen LogP contribution in [0.25, 0.3) is 26.8 Å². The van der Waals surface area contributed by atoms with Crippen molar-refractivity contribution in [2.24, 2.45) is 0 Å². The number of nitrogens with one attached hydrogen (secondary N) is 3. The van der Waals surface area contributed by atoms with Crippen LogP contribution < -0.4 is 33.2 Å². The van der Waals surface area contributed by atoms with Gasteiger partial charge in [-0.1, -0.05) is 66.7 Å². The topological polar surface area (TPSA) is 279 Å². The lowest BCUT2D eigenvalue weighted by Gasteiger charge is -2.11. The van der Waals surface area contributed by atoms with Crippen molar-refractivity contribution in [1.29, 1.82) is 0 Å². The molecule has 0 spiro atoms. The van der Waals surface area contributed by atoms with E-state index >= 15 is 0 Å². The highest BCUT2D eigenvalue weighted by atomic mass is 127. The molecule has 21 heteroatoms. The molecule has 0 bridgehead atoms. The van der Waals surface area contributed by atoms with Gasteiger partial charge in [0.15, 0.2) is 28.7 Å². The number of aryl methyl sites for hydroxylation is 3. The summed E-state index contributed by atoms with van der Waals surface area (Å²) in [7, 11) is 0. The molecular weight excluding hydrogens is 1200 g/mol. The number of halogens is 1. The van der Waals surface area contributed by atoms with E-state index in [1.165, 1.54) is 44.8 Å². The number of nitrogens with zero attached hydrogens (tertiary/aromatic N) is 8. The molecule has 0 radical (unpaired) electrons. The van der Waals surface area contributed by atoms with Crippen LogP contribution in [0, 0.1) is 37.5 Å². The summed E-state index contributed by atoms with van der Waals surface area (Å²) < 4.78 is 5.43. The Morgan fingerprint density at radius 3 is 1.03 bits per heavy atom. The van der Waals surface area contributed by atoms with Gasteiger partial charge in [-0.05, 0) is 159 Å². The molecule has 12 rings (SSSR count). The quantitative estimate of drug-likeness (QED) is 0.0318. The van der Waals surface area contributed by atoms with Crippen molar-refractivity contribution >= 4 is 86.5 Å². The largest absolute Gasteiger partial charge is 0.383 e. The second-order valence-electron chi connectivity index (χ2n) is 21.1. The van der Waals surface area contributed by atoms with Gasteiger partial charge in [-0.15, -0.1) is 0 Å². The Bertz CT molecular complexity index is 4100. The highest BCUT2D eigenvalue weighted by Gasteiger charge is 2.28. The molecule has 3 aliphatic rings. The van der Waals surface area contributed by atoms with Gasteiger partial charge in [0.25, 0.3) is 17.7 Å². The molecule has 0 atom stereocenters. The van der Waals surface area contributed by atoms with Gasteiger partial charge in [0.1, 0.15) is 17.5 Å². The molecule has 3 aromatic heterocycles. The van der Waals surface area contributed by atoms with Crippen molar-refractivity contribution in [3.05, 3.63) is 239 Å². The first kappa shape index (κ1) is 58.7. The number of nitrogens with two attached hydrogens (primary N) is 3. The van der Waals surface area contributed by atoms with Gasteiger partial charge in [0.2, 0.25) is 0 Å². The number of amides is 3. The van der Waals surface area contributed by atoms with E-state index in [4.69, 9.17) is 30.3 Å². The molecule has 86 heavy (non-hydrogen) atoms. The van der Waals surface area contributed by atoms with Crippen LogP contribution in [-0.4, -0.2) is 82.5 Å². The van der Waals surface area contributed by atoms with E-state index in [1.807, 2.05) is 57.2 Å². The standard InChI is InChI=1S/2C22H19N5O2.C21H19IN4O2/c2*1-13-6-7-15(22(29)26-16-8-9-16)11-19(13)27-21(23)18(12-25-27)20(28)14-4-3-5-17(10-14)24-2;1-12-5-6-14(21(28)25-16-7-8-16)10-18(12)26-20(23)17(11-24-26)19(27)13-3-2-4-15(22)9-13/h2*3-7,10-12,16H,8-9,23H2,1H3,(H,26,29);2-6,9-11,16H,7-8,23H2,1H3,(H,25,28). The van der Waals surface area contributed by atoms with Crippen LogP contribution in [0.4, 0.5) is 28.8 Å². The van der Waals surface area contributed by atoms with E-state index < -0.39 is 0 Å². The van der Waals surface area contributed by atoms with Gasteiger partial charge in [0, 0.05) is 55.1 Å². The van der Waals surface area contributed by atoms with Gasteiger partial charge in [0.05, 0.1) is 65.5 Å². The Labute approximate surface area is 508 Å². The van der Waals surface area contributed by atoms with Crippen LogP contribution in [0.2, 0.25) is 0 Å². The molecule has 0 saturated heterocycles. The molecule has 3 fully saturated rings. The maximum absolute atomic E-state index is 12.9. The van der Waals surface area contributed by atoms with E-state index in [2.05, 4.69) is 63.5 Å². The van der Waals surface area contributed by atoms with Gasteiger partial charge in [-0.25, -0.2) is 23.7 Å². The van der Waals surface area contributed by atoms with Crippen LogP contribution in [0.5, 0.6) is 0 Å². The molecule has 3 saturated carbocycles. The summed E-state index contributed by atoms with van der Waals surface area (Å²) in [4.78, 5) is 82.4. The summed E-state index contributed by atoms with van der Waals surface area (Å²) in [6, 6.07) is 37.1. The maximum atomic E-state index is 12.9. The van der Waals surface area contributed by atoms with Gasteiger partial charge < -0.3 is 33.2 Å². The molecule has 0 unspecified atom stereocenters. The third-order valence-corrected chi connectivity index (χ3v) is 15.2. The lowest BCUT2D eigenvalue weighted by atomic mass is 10.0. The van der Waals surface area contributed by atoms with Crippen molar-refractivity contribution < 1.29 is 28.8 Å². The minimum atomic E-state index is -0.306. The van der Waals surface area contributed by atoms with E-state index in [1.54, 1.807) is 78.9 Å². The number of hydrogen-bond acceptors (Lipinski definition) is 12. The monoisotopic (exact) mass is 1260 g/mol. The zero-order chi connectivity index (χ0) is 60.9. The van der Waals surface area contributed by atoms with Crippen molar-refractivity contribution in [3.8, 4) is 17.1 Å². The van der Waals surface area contributed by atoms with E-state index in [0.29, 0.717) is 67.4 Å². The molecule has 9 N–H and O–H groups in total. The summed E-state index contributed by atoms with van der Waals surface area (Å²) in [5.41, 5.74) is 27.9. The molecule has 0 aliphatic heterocycles.